The maximum atomic E-state index is 5.97. The largest absolute Gasteiger partial charge is 0.330 e. The van der Waals surface area contributed by atoms with E-state index in [1.54, 1.807) is 0 Å². The Bertz CT molecular complexity index is 205. The van der Waals surface area contributed by atoms with E-state index in [0.29, 0.717) is 6.04 Å². The van der Waals surface area contributed by atoms with Gasteiger partial charge in [-0.2, -0.15) is 0 Å². The Balaban J connectivity index is 2.69. The topological polar surface area (TPSA) is 29.3 Å². The lowest BCUT2D eigenvalue weighted by atomic mass is 9.82. The molecule has 4 unspecified atom stereocenters. The van der Waals surface area contributed by atoms with Gasteiger partial charge in [-0.15, -0.1) is 0 Å². The molecule has 0 aliphatic heterocycles. The molecule has 1 aliphatic rings. The van der Waals surface area contributed by atoms with Gasteiger partial charge in [-0.3, -0.25) is 4.90 Å². The van der Waals surface area contributed by atoms with E-state index in [2.05, 4.69) is 32.6 Å². The summed E-state index contributed by atoms with van der Waals surface area (Å²) < 4.78 is 0. The van der Waals surface area contributed by atoms with Crippen LogP contribution in [0, 0.1) is 11.8 Å². The Morgan fingerprint density at radius 2 is 1.82 bits per heavy atom. The van der Waals surface area contributed by atoms with Crippen LogP contribution in [0.3, 0.4) is 0 Å². The molecule has 0 aromatic heterocycles. The van der Waals surface area contributed by atoms with Crippen LogP contribution in [0.2, 0.25) is 0 Å². The second-order valence-corrected chi connectivity index (χ2v) is 5.80. The summed E-state index contributed by atoms with van der Waals surface area (Å²) >= 11 is 0. The molecular formula is C15H32N2. The van der Waals surface area contributed by atoms with Gasteiger partial charge in [-0.25, -0.2) is 0 Å². The molecule has 0 heterocycles. The molecule has 1 rings (SSSR count). The molecule has 0 spiro atoms. The Hall–Kier alpha value is -0.0800. The highest BCUT2D eigenvalue weighted by atomic mass is 15.2. The number of hydrogen-bond acceptors (Lipinski definition) is 2. The molecule has 17 heavy (non-hydrogen) atoms. The molecule has 0 saturated heterocycles. The van der Waals surface area contributed by atoms with Crippen molar-refractivity contribution in [1.82, 2.24) is 4.90 Å². The molecule has 0 amide bonds. The van der Waals surface area contributed by atoms with Gasteiger partial charge in [0.25, 0.3) is 0 Å². The Kier molecular flexibility index (Phi) is 6.50. The first-order chi connectivity index (χ1) is 8.15. The lowest BCUT2D eigenvalue weighted by Gasteiger charge is -2.44. The summed E-state index contributed by atoms with van der Waals surface area (Å²) in [5, 5.41) is 0. The first-order valence-electron chi connectivity index (χ1n) is 7.61. The number of nitrogens with two attached hydrogens (primary N) is 1. The average Bonchev–Trinajstić information content (AvgIpc) is 2.39. The maximum Gasteiger partial charge on any atom is 0.0138 e. The quantitative estimate of drug-likeness (QED) is 0.772. The van der Waals surface area contributed by atoms with Crippen molar-refractivity contribution in [1.29, 1.82) is 0 Å². The molecule has 2 N–H and O–H groups in total. The zero-order valence-electron chi connectivity index (χ0n) is 12.3. The molecule has 1 fully saturated rings. The summed E-state index contributed by atoms with van der Waals surface area (Å²) in [6.45, 7) is 11.4. The number of rotatable bonds is 6. The van der Waals surface area contributed by atoms with Crippen molar-refractivity contribution >= 4 is 0 Å². The minimum absolute atomic E-state index is 0.696. The Morgan fingerprint density at radius 1 is 1.18 bits per heavy atom. The zero-order valence-corrected chi connectivity index (χ0v) is 12.3. The second-order valence-electron chi connectivity index (χ2n) is 5.80. The SMILES string of the molecule is CCC(C)C(C)N(CC)C1CCCCC1CN. The van der Waals surface area contributed by atoms with Crippen LogP contribution < -0.4 is 5.73 Å². The highest BCUT2D eigenvalue weighted by Crippen LogP contribution is 2.30. The minimum Gasteiger partial charge on any atom is -0.330 e. The smallest absolute Gasteiger partial charge is 0.0138 e. The van der Waals surface area contributed by atoms with Gasteiger partial charge in [0.15, 0.2) is 0 Å². The van der Waals surface area contributed by atoms with Gasteiger partial charge in [-0.05, 0) is 44.7 Å². The predicted molar refractivity (Wildman–Crippen MR) is 76.1 cm³/mol. The zero-order chi connectivity index (χ0) is 12.8. The van der Waals surface area contributed by atoms with Crippen LogP contribution >= 0.6 is 0 Å². The van der Waals surface area contributed by atoms with Crippen LogP contribution in [0.25, 0.3) is 0 Å². The maximum absolute atomic E-state index is 5.97. The van der Waals surface area contributed by atoms with Gasteiger partial charge < -0.3 is 5.73 Å². The third-order valence-corrected chi connectivity index (χ3v) is 4.95. The van der Waals surface area contributed by atoms with Crippen molar-refractivity contribution in [2.45, 2.75) is 71.9 Å². The van der Waals surface area contributed by atoms with E-state index in [4.69, 9.17) is 5.73 Å². The lowest BCUT2D eigenvalue weighted by molar-refractivity contribution is 0.0541. The summed E-state index contributed by atoms with van der Waals surface area (Å²) in [5.74, 6) is 1.52. The van der Waals surface area contributed by atoms with Gasteiger partial charge in [0.2, 0.25) is 0 Å². The van der Waals surface area contributed by atoms with E-state index in [1.807, 2.05) is 0 Å². The van der Waals surface area contributed by atoms with Gasteiger partial charge >= 0.3 is 0 Å². The molecular weight excluding hydrogens is 208 g/mol. The highest BCUT2D eigenvalue weighted by molar-refractivity contribution is 4.87. The van der Waals surface area contributed by atoms with Crippen LogP contribution in [-0.2, 0) is 0 Å². The molecule has 2 nitrogen and oxygen atoms in total. The van der Waals surface area contributed by atoms with Gasteiger partial charge in [-0.1, -0.05) is 40.0 Å². The Labute approximate surface area is 108 Å². The van der Waals surface area contributed by atoms with E-state index in [9.17, 15) is 0 Å². The van der Waals surface area contributed by atoms with E-state index in [0.717, 1.165) is 24.4 Å². The second kappa shape index (κ2) is 7.38. The summed E-state index contributed by atoms with van der Waals surface area (Å²) in [6.07, 6.45) is 6.75. The van der Waals surface area contributed by atoms with Crippen LogP contribution in [0.4, 0.5) is 0 Å². The first-order valence-corrected chi connectivity index (χ1v) is 7.61. The fraction of sp³-hybridized carbons (Fsp3) is 1.00. The molecule has 0 aromatic rings. The summed E-state index contributed by atoms with van der Waals surface area (Å²) in [6, 6.07) is 1.44. The van der Waals surface area contributed by atoms with Crippen molar-refractivity contribution in [3.63, 3.8) is 0 Å². The fourth-order valence-electron chi connectivity index (χ4n) is 3.39. The third kappa shape index (κ3) is 3.69. The van der Waals surface area contributed by atoms with Crippen molar-refractivity contribution in [3.05, 3.63) is 0 Å². The Morgan fingerprint density at radius 3 is 2.35 bits per heavy atom. The summed E-state index contributed by atoms with van der Waals surface area (Å²) in [4.78, 5) is 2.73. The molecule has 0 bridgehead atoms. The standard InChI is InChI=1S/C15H32N2/c1-5-12(3)13(4)17(6-2)15-10-8-7-9-14(15)11-16/h12-15H,5-11,16H2,1-4H3. The van der Waals surface area contributed by atoms with Gasteiger partial charge in [0, 0.05) is 12.1 Å². The van der Waals surface area contributed by atoms with E-state index in [-0.39, 0.29) is 0 Å². The van der Waals surface area contributed by atoms with E-state index >= 15 is 0 Å². The molecule has 0 radical (unpaired) electrons. The van der Waals surface area contributed by atoms with Crippen molar-refractivity contribution in [3.8, 4) is 0 Å². The van der Waals surface area contributed by atoms with Gasteiger partial charge in [0.1, 0.15) is 0 Å². The van der Waals surface area contributed by atoms with Crippen LogP contribution in [-0.4, -0.2) is 30.1 Å². The molecule has 1 saturated carbocycles. The predicted octanol–water partition coefficient (Wildman–Crippen LogP) is 3.26. The van der Waals surface area contributed by atoms with Crippen molar-refractivity contribution in [2.75, 3.05) is 13.1 Å². The molecule has 0 aromatic carbocycles. The average molecular weight is 240 g/mol. The minimum atomic E-state index is 0.696. The number of hydrogen-bond donors (Lipinski definition) is 1. The van der Waals surface area contributed by atoms with Crippen LogP contribution in [0.1, 0.15) is 59.8 Å². The molecule has 1 aliphatic carbocycles. The molecule has 4 atom stereocenters. The fourth-order valence-corrected chi connectivity index (χ4v) is 3.39. The van der Waals surface area contributed by atoms with E-state index in [1.165, 1.54) is 38.6 Å². The lowest BCUT2D eigenvalue weighted by Crippen LogP contribution is -2.50. The first kappa shape index (κ1) is 15.0. The van der Waals surface area contributed by atoms with Crippen LogP contribution in [0.5, 0.6) is 0 Å². The normalized spacial score (nSPS) is 29.3. The van der Waals surface area contributed by atoms with Gasteiger partial charge in [0.05, 0.1) is 0 Å². The summed E-state index contributed by atoms with van der Waals surface area (Å²) in [5.41, 5.74) is 5.97. The highest BCUT2D eigenvalue weighted by Gasteiger charge is 2.32. The van der Waals surface area contributed by atoms with Crippen LogP contribution in [0.15, 0.2) is 0 Å². The van der Waals surface area contributed by atoms with Crippen molar-refractivity contribution in [2.24, 2.45) is 17.6 Å². The summed E-state index contributed by atoms with van der Waals surface area (Å²) in [7, 11) is 0. The van der Waals surface area contributed by atoms with E-state index < -0.39 is 0 Å². The molecule has 2 heteroatoms. The number of nitrogens with zero attached hydrogens (tertiary/aromatic N) is 1. The molecule has 102 valence electrons. The van der Waals surface area contributed by atoms with Crippen molar-refractivity contribution < 1.29 is 0 Å². The monoisotopic (exact) mass is 240 g/mol. The third-order valence-electron chi connectivity index (χ3n) is 4.95.